The average Bonchev–Trinajstić information content (AvgIpc) is 2.56. The molecule has 0 heterocycles. The molecule has 4 rings (SSSR count). The Morgan fingerprint density at radius 1 is 0.478 bits per heavy atom. The van der Waals surface area contributed by atoms with E-state index < -0.39 is 0 Å². The molecule has 0 atom stereocenters. The maximum atomic E-state index is 10.4. The first-order valence-corrected chi connectivity index (χ1v) is 7.17. The van der Waals surface area contributed by atoms with E-state index in [2.05, 4.69) is 0 Å². The van der Waals surface area contributed by atoms with Crippen molar-refractivity contribution in [1.82, 2.24) is 0 Å². The molecule has 0 spiro atoms. The van der Waals surface area contributed by atoms with E-state index in [1.165, 1.54) is 0 Å². The topological polar surface area (TPSA) is 40.5 Å². The minimum absolute atomic E-state index is 0. The number of phenols is 2. The summed E-state index contributed by atoms with van der Waals surface area (Å²) in [5.74, 6) is 0.343. The Labute approximate surface area is 156 Å². The molecular weight excluding hydrogens is 295 g/mol. The second kappa shape index (κ2) is 6.25. The molecule has 4 aromatic rings. The molecule has 0 aliphatic heterocycles. The van der Waals surface area contributed by atoms with Crippen molar-refractivity contribution >= 4 is 51.1 Å². The van der Waals surface area contributed by atoms with E-state index in [-0.39, 0.29) is 41.1 Å². The summed E-state index contributed by atoms with van der Waals surface area (Å²) < 4.78 is 0. The van der Waals surface area contributed by atoms with Crippen LogP contribution in [0.5, 0.6) is 11.5 Å². The van der Waals surface area contributed by atoms with E-state index in [1.54, 1.807) is 12.1 Å². The summed E-state index contributed by atoms with van der Waals surface area (Å²) in [6, 6.07) is 22.9. The molecule has 0 fully saturated rings. The second-order valence-corrected chi connectivity index (χ2v) is 5.36. The number of phenolic OH excluding ortho intramolecular Hbond substituents is 2. The number of rotatable bonds is 1. The van der Waals surface area contributed by atoms with Gasteiger partial charge in [0, 0.05) is 11.1 Å². The van der Waals surface area contributed by atoms with Gasteiger partial charge in [0.15, 0.2) is 0 Å². The van der Waals surface area contributed by atoms with Crippen LogP contribution in [0.15, 0.2) is 72.8 Å². The quantitative estimate of drug-likeness (QED) is 0.511. The van der Waals surface area contributed by atoms with Crippen LogP contribution >= 0.6 is 0 Å². The molecule has 23 heavy (non-hydrogen) atoms. The fourth-order valence-electron chi connectivity index (χ4n) is 3.05. The zero-order chi connectivity index (χ0) is 15.1. The van der Waals surface area contributed by atoms with Crippen molar-refractivity contribution in [2.45, 2.75) is 0 Å². The Morgan fingerprint density at radius 3 is 1.30 bits per heavy atom. The van der Waals surface area contributed by atoms with E-state index in [4.69, 9.17) is 0 Å². The molecule has 0 saturated heterocycles. The van der Waals surface area contributed by atoms with Crippen LogP contribution in [0.1, 0.15) is 0 Å². The van der Waals surface area contributed by atoms with Gasteiger partial charge in [-0.25, -0.2) is 0 Å². The Kier molecular flexibility index (Phi) is 4.31. The standard InChI is InChI=1S/C20H14O2.Na.H/c21-17-11-9-13-5-1-3-7-15(13)19(17)20-16-8-4-2-6-14(16)10-12-18(20)22;;/h1-12,21-22H;;. The van der Waals surface area contributed by atoms with Crippen molar-refractivity contribution in [1.29, 1.82) is 0 Å². The number of hydrogen-bond acceptors (Lipinski definition) is 2. The van der Waals surface area contributed by atoms with Crippen LogP contribution < -0.4 is 0 Å². The van der Waals surface area contributed by atoms with Gasteiger partial charge in [0.1, 0.15) is 11.5 Å². The molecule has 0 aliphatic rings. The van der Waals surface area contributed by atoms with Crippen molar-refractivity contribution < 1.29 is 10.2 Å². The van der Waals surface area contributed by atoms with Gasteiger partial charge < -0.3 is 10.2 Å². The van der Waals surface area contributed by atoms with Crippen molar-refractivity contribution in [2.24, 2.45) is 0 Å². The minimum atomic E-state index is 0. The molecule has 0 aliphatic carbocycles. The number of hydrogen-bond donors (Lipinski definition) is 2. The van der Waals surface area contributed by atoms with Crippen LogP contribution in [0.3, 0.4) is 0 Å². The molecular formula is C20H15NaO2. The zero-order valence-corrected chi connectivity index (χ0v) is 11.8. The van der Waals surface area contributed by atoms with Gasteiger partial charge in [-0.15, -0.1) is 0 Å². The molecule has 0 bridgehead atoms. The Morgan fingerprint density at radius 2 is 0.870 bits per heavy atom. The first-order chi connectivity index (χ1) is 10.8. The number of fused-ring (bicyclic) bond motifs is 2. The van der Waals surface area contributed by atoms with Gasteiger partial charge in [0.05, 0.1) is 0 Å². The Bertz CT molecular complexity index is 925. The van der Waals surface area contributed by atoms with Crippen LogP contribution in [0, 0.1) is 0 Å². The van der Waals surface area contributed by atoms with Gasteiger partial charge >= 0.3 is 29.6 Å². The molecule has 0 amide bonds. The summed E-state index contributed by atoms with van der Waals surface area (Å²) in [5.41, 5.74) is 1.35. The van der Waals surface area contributed by atoms with Gasteiger partial charge in [0.2, 0.25) is 0 Å². The monoisotopic (exact) mass is 310 g/mol. The first kappa shape index (κ1) is 15.9. The molecule has 2 nitrogen and oxygen atoms in total. The SMILES string of the molecule is Oc1ccc2ccccc2c1-c1c(O)ccc2ccccc12.[NaH]. The van der Waals surface area contributed by atoms with E-state index in [0.29, 0.717) is 11.1 Å². The molecule has 4 aromatic carbocycles. The van der Waals surface area contributed by atoms with Gasteiger partial charge in [-0.3, -0.25) is 0 Å². The van der Waals surface area contributed by atoms with E-state index >= 15 is 0 Å². The fourth-order valence-corrected chi connectivity index (χ4v) is 3.05. The zero-order valence-electron chi connectivity index (χ0n) is 11.8. The van der Waals surface area contributed by atoms with Crippen LogP contribution in [0.4, 0.5) is 0 Å². The maximum absolute atomic E-state index is 10.4. The van der Waals surface area contributed by atoms with Crippen molar-refractivity contribution in [3.63, 3.8) is 0 Å². The third kappa shape index (κ3) is 2.59. The van der Waals surface area contributed by atoms with Crippen molar-refractivity contribution in [2.75, 3.05) is 0 Å². The summed E-state index contributed by atoms with van der Waals surface area (Å²) in [5, 5.41) is 24.8. The summed E-state index contributed by atoms with van der Waals surface area (Å²) in [7, 11) is 0. The molecule has 3 heteroatoms. The van der Waals surface area contributed by atoms with Crippen molar-refractivity contribution in [3.05, 3.63) is 72.8 Å². The molecule has 0 saturated carbocycles. The molecule has 0 aromatic heterocycles. The van der Waals surface area contributed by atoms with Gasteiger partial charge in [-0.05, 0) is 33.7 Å². The number of aromatic hydroxyl groups is 2. The first-order valence-electron chi connectivity index (χ1n) is 7.17. The van der Waals surface area contributed by atoms with Crippen LogP contribution in [-0.2, 0) is 0 Å². The van der Waals surface area contributed by atoms with Crippen molar-refractivity contribution in [3.8, 4) is 22.6 Å². The molecule has 0 unspecified atom stereocenters. The number of benzene rings is 4. The molecule has 2 N–H and O–H groups in total. The third-order valence-electron chi connectivity index (χ3n) is 4.06. The van der Waals surface area contributed by atoms with Crippen LogP contribution in [-0.4, -0.2) is 39.8 Å². The summed E-state index contributed by atoms with van der Waals surface area (Å²) >= 11 is 0. The van der Waals surface area contributed by atoms with Gasteiger partial charge in [0.25, 0.3) is 0 Å². The molecule has 108 valence electrons. The third-order valence-corrected chi connectivity index (χ3v) is 4.06. The Balaban J connectivity index is 0.00000156. The van der Waals surface area contributed by atoms with E-state index in [0.717, 1.165) is 21.5 Å². The summed E-state index contributed by atoms with van der Waals surface area (Å²) in [6.45, 7) is 0. The molecule has 0 radical (unpaired) electrons. The fraction of sp³-hybridized carbons (Fsp3) is 0. The summed E-state index contributed by atoms with van der Waals surface area (Å²) in [6.07, 6.45) is 0. The predicted molar refractivity (Wildman–Crippen MR) is 97.4 cm³/mol. The van der Waals surface area contributed by atoms with Crippen LogP contribution in [0.25, 0.3) is 32.7 Å². The van der Waals surface area contributed by atoms with Gasteiger partial charge in [-0.2, -0.15) is 0 Å². The second-order valence-electron chi connectivity index (χ2n) is 5.36. The Hall–Kier alpha value is -2.00. The summed E-state index contributed by atoms with van der Waals surface area (Å²) in [4.78, 5) is 0. The normalized spacial score (nSPS) is 10.6. The average molecular weight is 310 g/mol. The van der Waals surface area contributed by atoms with Crippen LogP contribution in [0.2, 0.25) is 0 Å². The van der Waals surface area contributed by atoms with Gasteiger partial charge in [-0.1, -0.05) is 60.7 Å². The predicted octanol–water partition coefficient (Wildman–Crippen LogP) is 4.42. The van der Waals surface area contributed by atoms with E-state index in [1.807, 2.05) is 60.7 Å². The van der Waals surface area contributed by atoms with E-state index in [9.17, 15) is 10.2 Å².